The molecule has 0 aromatic heterocycles. The molecule has 25 valence electrons. The van der Waals surface area contributed by atoms with Gasteiger partial charge in [-0.1, -0.05) is 12.6 Å². The first-order valence-corrected chi connectivity index (χ1v) is 2.71. The Balaban J connectivity index is 2.54. The zero-order valence-electron chi connectivity index (χ0n) is 3.11. The Hall–Kier alpha value is 0.860. The lowest BCUT2D eigenvalue weighted by Crippen LogP contribution is -1.86. The Morgan fingerprint density at radius 3 is 2.20 bits per heavy atom. The van der Waals surface area contributed by atoms with Crippen LogP contribution in [0.15, 0.2) is 0 Å². The lowest BCUT2D eigenvalue weighted by atomic mass is 9.73. The fourth-order valence-corrected chi connectivity index (χ4v) is 0. The van der Waals surface area contributed by atoms with Crippen molar-refractivity contribution in [1.82, 2.24) is 0 Å². The summed E-state index contributed by atoms with van der Waals surface area (Å²) in [5.74, 6) is 0. The van der Waals surface area contributed by atoms with Crippen molar-refractivity contribution in [2.24, 2.45) is 0 Å². The third-order valence-corrected chi connectivity index (χ3v) is 1.33. The van der Waals surface area contributed by atoms with Crippen molar-refractivity contribution in [3.8, 4) is 0 Å². The maximum atomic E-state index is 5.23. The molecule has 0 spiro atoms. The first-order chi connectivity index (χ1) is 2.27. The molecule has 0 aliphatic rings. The summed E-state index contributed by atoms with van der Waals surface area (Å²) in [5.41, 5.74) is 0.246. The van der Waals surface area contributed by atoms with Gasteiger partial charge in [0, 0.05) is 0 Å². The molecular weight excluding hydrogens is 173 g/mol. The van der Waals surface area contributed by atoms with E-state index in [0.717, 1.165) is 0 Å². The molecule has 3 heteroatoms. The van der Waals surface area contributed by atoms with Crippen molar-refractivity contribution in [3.05, 3.63) is 0 Å². The van der Waals surface area contributed by atoms with E-state index in [1.54, 1.807) is 0 Å². The van der Waals surface area contributed by atoms with E-state index >= 15 is 0 Å². The van der Waals surface area contributed by atoms with Gasteiger partial charge in [0.15, 0.2) is 5.14 Å². The summed E-state index contributed by atoms with van der Waals surface area (Å²) in [7, 11) is 5.23. The van der Waals surface area contributed by atoms with Gasteiger partial charge in [-0.2, -0.15) is 22.4 Å². The molecule has 0 aliphatic heterocycles. The average molecular weight is 177 g/mol. The van der Waals surface area contributed by atoms with Crippen LogP contribution in [0.25, 0.3) is 0 Å². The maximum Gasteiger partial charge on any atom is 0.194 e. The lowest BCUT2D eigenvalue weighted by molar-refractivity contribution is 1.36. The molecule has 1 unspecified atom stereocenters. The van der Waals surface area contributed by atoms with Crippen LogP contribution < -0.4 is 0 Å². The van der Waals surface area contributed by atoms with Crippen molar-refractivity contribution in [2.45, 2.75) is 12.6 Å². The Morgan fingerprint density at radius 2 is 2.20 bits per heavy atom. The quantitative estimate of drug-likeness (QED) is 0.413. The Bertz CT molecular complexity index is 21.6. The normalized spacial score (nSPS) is 14.0. The van der Waals surface area contributed by atoms with E-state index in [-0.39, 0.29) is 5.72 Å². The van der Waals surface area contributed by atoms with Gasteiger partial charge in [0.1, 0.15) is 0 Å². The molecule has 5 heavy (non-hydrogen) atoms. The second kappa shape index (κ2) is 3.07. The van der Waals surface area contributed by atoms with Gasteiger partial charge in [-0.15, -0.1) is 0 Å². The molecule has 0 saturated heterocycles. The summed E-state index contributed by atoms with van der Waals surface area (Å²) in [5, 5.41) is 1.91. The van der Waals surface area contributed by atoms with Gasteiger partial charge < -0.3 is 0 Å². The van der Waals surface area contributed by atoms with Crippen molar-refractivity contribution in [1.29, 1.82) is 0 Å². The number of hydrogen-bond donors (Lipinski definition) is 0. The van der Waals surface area contributed by atoms with E-state index in [1.165, 1.54) is 0 Å². The number of rotatable bonds is 1. The minimum absolute atomic E-state index is 0.246. The van der Waals surface area contributed by atoms with Crippen LogP contribution in [0.3, 0.4) is 0 Å². The number of halogens is 1. The maximum absolute atomic E-state index is 5.23. The fourth-order valence-electron chi connectivity index (χ4n) is 0. The molecule has 0 heterocycles. The summed E-state index contributed by atoms with van der Waals surface area (Å²) >= 11 is 2.13. The van der Waals surface area contributed by atoms with Gasteiger partial charge in [0.25, 0.3) is 0 Å². The summed E-state index contributed by atoms with van der Waals surface area (Å²) in [6.45, 7) is 1.94. The molecule has 3 radical (unpaired) electrons. The first kappa shape index (κ1) is 5.86. The molecule has 0 nitrogen and oxygen atoms in total. The largest absolute Gasteiger partial charge is 0.194 e. The van der Waals surface area contributed by atoms with E-state index in [2.05, 4.69) is 22.4 Å². The van der Waals surface area contributed by atoms with Crippen LogP contribution in [0.1, 0.15) is 6.92 Å². The molecule has 0 bridgehead atoms. The highest BCUT2D eigenvalue weighted by molar-refractivity contribution is 14.1. The van der Waals surface area contributed by atoms with E-state index in [1.807, 2.05) is 12.1 Å². The van der Waals surface area contributed by atoms with Crippen LogP contribution in [0.2, 0.25) is 5.72 Å². The third-order valence-electron chi connectivity index (χ3n) is 0.199. The topological polar surface area (TPSA) is 0 Å². The summed E-state index contributed by atoms with van der Waals surface area (Å²) in [6.07, 6.45) is 0. The van der Waals surface area contributed by atoms with Crippen molar-refractivity contribution < 1.29 is 0 Å². The summed E-state index contributed by atoms with van der Waals surface area (Å²) < 4.78 is 0. The Morgan fingerprint density at radius 1 is 2.00 bits per heavy atom. The summed E-state index contributed by atoms with van der Waals surface area (Å²) in [6, 6.07) is 0. The van der Waals surface area contributed by atoms with Gasteiger partial charge in [0.05, 0.1) is 7.85 Å². The highest BCUT2D eigenvalue weighted by atomic mass is 127. The fraction of sp³-hybridized carbons (Fsp3) is 1.00. The molecular formula is C2H4B2I. The molecule has 1 atom stereocenters. The van der Waals surface area contributed by atoms with Crippen LogP contribution in [0.5, 0.6) is 0 Å². The van der Waals surface area contributed by atoms with Gasteiger partial charge in [-0.25, -0.2) is 0 Å². The Kier molecular flexibility index (Phi) is 3.59. The molecule has 0 rings (SSSR count). The van der Waals surface area contributed by atoms with Gasteiger partial charge >= 0.3 is 0 Å². The zero-order chi connectivity index (χ0) is 4.28. The average Bonchev–Trinajstić information content (AvgIpc) is 1.38. The zero-order valence-corrected chi connectivity index (χ0v) is 5.27. The molecule has 0 aliphatic carbocycles. The first-order valence-electron chi connectivity index (χ1n) is 1.46. The van der Waals surface area contributed by atoms with Crippen LogP contribution in [0.4, 0.5) is 0 Å². The van der Waals surface area contributed by atoms with E-state index in [0.29, 0.717) is 0 Å². The second-order valence-corrected chi connectivity index (χ2v) is 1.70. The third kappa shape index (κ3) is 4.86. The van der Waals surface area contributed by atoms with Crippen molar-refractivity contribution in [2.75, 3.05) is 0 Å². The second-order valence-electron chi connectivity index (χ2n) is 0.985. The van der Waals surface area contributed by atoms with Gasteiger partial charge in [0.2, 0.25) is 0 Å². The van der Waals surface area contributed by atoms with E-state index < -0.39 is 0 Å². The van der Waals surface area contributed by atoms with Gasteiger partial charge in [-0.3, -0.25) is 0 Å². The smallest absolute Gasteiger partial charge is 0.159 e. The summed E-state index contributed by atoms with van der Waals surface area (Å²) in [4.78, 5) is 0. The predicted molar refractivity (Wildman–Crippen MR) is 35.0 cm³/mol. The van der Waals surface area contributed by atoms with Crippen LogP contribution >= 0.6 is 22.4 Å². The van der Waals surface area contributed by atoms with Crippen LogP contribution in [-0.4, -0.2) is 13.0 Å². The molecule has 0 amide bonds. The molecule has 0 aromatic rings. The molecule has 0 fully saturated rings. The molecule has 0 N–H and O–H groups in total. The molecule has 0 aromatic carbocycles. The van der Waals surface area contributed by atoms with Crippen molar-refractivity contribution in [3.63, 3.8) is 0 Å². The van der Waals surface area contributed by atoms with E-state index in [9.17, 15) is 0 Å². The minimum atomic E-state index is 0.246. The van der Waals surface area contributed by atoms with Crippen LogP contribution in [0, 0.1) is 0 Å². The lowest BCUT2D eigenvalue weighted by Gasteiger charge is -1.86. The highest BCUT2D eigenvalue weighted by Crippen LogP contribution is 1.94. The molecule has 0 saturated carbocycles. The Labute approximate surface area is 48.2 Å². The number of hydrogen-bond acceptors (Lipinski definition) is 0. The standard InChI is InChI=1S/C2H4B2I/c1-2(3)4-5/h2H,1H3. The van der Waals surface area contributed by atoms with Crippen molar-refractivity contribution >= 4 is 35.4 Å². The van der Waals surface area contributed by atoms with Gasteiger partial charge in [-0.05, 0) is 0 Å². The van der Waals surface area contributed by atoms with E-state index in [4.69, 9.17) is 7.85 Å². The monoisotopic (exact) mass is 177 g/mol. The minimum Gasteiger partial charge on any atom is -0.159 e. The van der Waals surface area contributed by atoms with Crippen LogP contribution in [-0.2, 0) is 0 Å². The highest BCUT2D eigenvalue weighted by Gasteiger charge is 1.85. The predicted octanol–water partition coefficient (Wildman–Crippen LogP) is 0.975. The SMILES string of the molecule is [B]C(C)[B]I.